The van der Waals surface area contributed by atoms with E-state index in [1.807, 2.05) is 0 Å². The van der Waals surface area contributed by atoms with Gasteiger partial charge in [0.25, 0.3) is 0 Å². The van der Waals surface area contributed by atoms with Gasteiger partial charge in [-0.3, -0.25) is 9.35 Å². The smallest absolute Gasteiger partial charge is 0.402 e. The summed E-state index contributed by atoms with van der Waals surface area (Å²) in [6, 6.07) is 3.71. The fraction of sp³-hybridized carbons (Fsp3) is 0.529. The second-order valence-electron chi connectivity index (χ2n) is 6.47. The number of ether oxygens (including phenoxy) is 2. The van der Waals surface area contributed by atoms with Crippen molar-refractivity contribution in [2.24, 2.45) is 5.92 Å². The van der Waals surface area contributed by atoms with Crippen LogP contribution in [0.3, 0.4) is 0 Å². The number of esters is 2. The van der Waals surface area contributed by atoms with Crippen molar-refractivity contribution in [2.75, 3.05) is 6.61 Å². The normalized spacial score (nSPS) is 15.8. The fourth-order valence-corrected chi connectivity index (χ4v) is 2.99. The molecule has 0 bridgehead atoms. The van der Waals surface area contributed by atoms with Gasteiger partial charge in [-0.2, -0.15) is 17.2 Å². The summed E-state index contributed by atoms with van der Waals surface area (Å²) >= 11 is 0. The zero-order valence-corrected chi connectivity index (χ0v) is 15.7. The van der Waals surface area contributed by atoms with Crippen LogP contribution in [-0.2, 0) is 26.0 Å². The van der Waals surface area contributed by atoms with Crippen molar-refractivity contribution in [2.45, 2.75) is 43.7 Å². The predicted octanol–water partition coefficient (Wildman–Crippen LogP) is 2.48. The Morgan fingerprint density at radius 3 is 2.43 bits per heavy atom. The van der Waals surface area contributed by atoms with Crippen LogP contribution < -0.4 is 4.74 Å². The maximum absolute atomic E-state index is 13.2. The lowest BCUT2D eigenvalue weighted by Crippen LogP contribution is -2.34. The molecule has 1 fully saturated rings. The summed E-state index contributed by atoms with van der Waals surface area (Å²) in [5.74, 6) is -1.99. The van der Waals surface area contributed by atoms with Gasteiger partial charge in [0.05, 0.1) is 19.3 Å². The third kappa shape index (κ3) is 5.51. The molecule has 0 heterocycles. The Labute approximate surface area is 162 Å². The molecule has 2 radical (unpaired) electrons. The molecule has 0 atom stereocenters. The molecule has 28 heavy (non-hydrogen) atoms. The fourth-order valence-electron chi connectivity index (χ4n) is 2.78. The Bertz CT molecular complexity index is 836. The average molecular weight is 416 g/mol. The van der Waals surface area contributed by atoms with Gasteiger partial charge in [-0.15, -0.1) is 0 Å². The van der Waals surface area contributed by atoms with Crippen LogP contribution in [0.2, 0.25) is 0 Å². The highest BCUT2D eigenvalue weighted by Gasteiger charge is 2.45. The molecule has 1 saturated carbocycles. The third-order valence-corrected chi connectivity index (χ3v) is 5.29. The molecule has 152 valence electrons. The van der Waals surface area contributed by atoms with Gasteiger partial charge in [0.15, 0.2) is 6.61 Å². The van der Waals surface area contributed by atoms with Crippen molar-refractivity contribution in [1.29, 1.82) is 0 Å². The molecular weight excluding hydrogens is 397 g/mol. The van der Waals surface area contributed by atoms with Gasteiger partial charge in [-0.1, -0.05) is 31.6 Å². The van der Waals surface area contributed by atoms with Gasteiger partial charge in [0.2, 0.25) is 0 Å². The van der Waals surface area contributed by atoms with Gasteiger partial charge in [0, 0.05) is 0 Å². The van der Waals surface area contributed by atoms with E-state index in [4.69, 9.17) is 17.1 Å². The number of carbonyl (C=O) groups excluding carboxylic acids is 2. The van der Waals surface area contributed by atoms with Crippen LogP contribution in [0.25, 0.3) is 0 Å². The molecule has 0 aromatic heterocycles. The molecule has 2 rings (SSSR count). The predicted molar refractivity (Wildman–Crippen MR) is 94.9 cm³/mol. The Morgan fingerprint density at radius 1 is 1.21 bits per heavy atom. The first kappa shape index (κ1) is 22.3. The number of carbonyl (C=O) groups is 2. The molecular formula is C17H19BF2O7S. The van der Waals surface area contributed by atoms with Crippen LogP contribution >= 0.6 is 0 Å². The minimum Gasteiger partial charge on any atom is -0.454 e. The van der Waals surface area contributed by atoms with Crippen molar-refractivity contribution >= 4 is 29.9 Å². The first-order valence-electron chi connectivity index (χ1n) is 8.62. The number of benzene rings is 1. The maximum Gasteiger partial charge on any atom is 0.402 e. The second-order valence-corrected chi connectivity index (χ2v) is 8.02. The third-order valence-electron chi connectivity index (χ3n) is 4.42. The van der Waals surface area contributed by atoms with E-state index in [0.717, 1.165) is 25.3 Å². The molecule has 1 aliphatic carbocycles. The molecule has 1 aliphatic rings. The Morgan fingerprint density at radius 2 is 1.86 bits per heavy atom. The van der Waals surface area contributed by atoms with E-state index in [-0.39, 0.29) is 23.6 Å². The van der Waals surface area contributed by atoms with E-state index in [9.17, 15) is 26.8 Å². The lowest BCUT2D eigenvalue weighted by molar-refractivity contribution is -0.140. The molecule has 0 aliphatic heterocycles. The van der Waals surface area contributed by atoms with E-state index < -0.39 is 33.9 Å². The highest BCUT2D eigenvalue weighted by Crippen LogP contribution is 2.28. The first-order chi connectivity index (χ1) is 13.0. The van der Waals surface area contributed by atoms with Crippen molar-refractivity contribution in [3.8, 4) is 5.75 Å². The number of halogens is 2. The zero-order chi connectivity index (χ0) is 20.9. The standard InChI is InChI=1S/C17H19BF2O7S/c18-9-13-7-6-12(15(21)26-10-17(19,20)28(23,24)25)8-14(13)27-16(22)11-4-2-1-3-5-11/h6-8,11H,1-5,9-10H2,(H,23,24,25). The molecule has 0 amide bonds. The van der Waals surface area contributed by atoms with E-state index in [1.54, 1.807) is 0 Å². The summed E-state index contributed by atoms with van der Waals surface area (Å²) in [4.78, 5) is 24.3. The van der Waals surface area contributed by atoms with Crippen LogP contribution in [0.1, 0.15) is 48.0 Å². The maximum atomic E-state index is 13.2. The topological polar surface area (TPSA) is 107 Å². The lowest BCUT2D eigenvalue weighted by atomic mass is 9.89. The Hall–Kier alpha value is -2.01. The number of alkyl halides is 2. The summed E-state index contributed by atoms with van der Waals surface area (Å²) in [6.45, 7) is -1.86. The van der Waals surface area contributed by atoms with Crippen LogP contribution in [0.15, 0.2) is 18.2 Å². The molecule has 1 aromatic carbocycles. The van der Waals surface area contributed by atoms with Crippen molar-refractivity contribution in [1.82, 2.24) is 0 Å². The van der Waals surface area contributed by atoms with Crippen molar-refractivity contribution in [3.05, 3.63) is 29.3 Å². The van der Waals surface area contributed by atoms with Gasteiger partial charge >= 0.3 is 27.3 Å². The second kappa shape index (κ2) is 9.00. The minimum absolute atomic E-state index is 0.00341. The van der Waals surface area contributed by atoms with Crippen LogP contribution in [-0.4, -0.2) is 44.6 Å². The molecule has 11 heteroatoms. The van der Waals surface area contributed by atoms with Gasteiger partial charge in [-0.05, 0) is 30.5 Å². The zero-order valence-electron chi connectivity index (χ0n) is 14.9. The molecule has 0 spiro atoms. The summed E-state index contributed by atoms with van der Waals surface area (Å²) in [7, 11) is -0.130. The number of hydrogen-bond acceptors (Lipinski definition) is 6. The molecule has 0 saturated heterocycles. The Kier molecular flexibility index (Phi) is 7.16. The monoisotopic (exact) mass is 416 g/mol. The van der Waals surface area contributed by atoms with E-state index in [2.05, 4.69) is 4.74 Å². The number of hydrogen-bond donors (Lipinski definition) is 1. The van der Waals surface area contributed by atoms with Crippen LogP contribution in [0.4, 0.5) is 8.78 Å². The van der Waals surface area contributed by atoms with Gasteiger partial charge in [-0.25, -0.2) is 4.79 Å². The largest absolute Gasteiger partial charge is 0.454 e. The van der Waals surface area contributed by atoms with E-state index >= 15 is 0 Å². The SMILES string of the molecule is [B]Cc1ccc(C(=O)OCC(F)(F)S(=O)(=O)O)cc1OC(=O)C1CCCCC1. The lowest BCUT2D eigenvalue weighted by Gasteiger charge is -2.20. The van der Waals surface area contributed by atoms with Crippen molar-refractivity contribution < 1.29 is 40.8 Å². The first-order valence-corrected chi connectivity index (χ1v) is 10.1. The molecule has 7 nitrogen and oxygen atoms in total. The van der Waals surface area contributed by atoms with Crippen molar-refractivity contribution in [3.63, 3.8) is 0 Å². The quantitative estimate of drug-likeness (QED) is 0.315. The summed E-state index contributed by atoms with van der Waals surface area (Å²) < 4.78 is 65.5. The minimum atomic E-state index is -5.72. The number of rotatable bonds is 7. The highest BCUT2D eigenvalue weighted by atomic mass is 32.2. The summed E-state index contributed by atoms with van der Waals surface area (Å²) in [5, 5.41) is -4.64. The molecule has 1 aromatic rings. The average Bonchev–Trinajstić information content (AvgIpc) is 2.65. The molecule has 0 unspecified atom stereocenters. The van der Waals surface area contributed by atoms with Gasteiger partial charge < -0.3 is 9.47 Å². The Balaban J connectivity index is 2.12. The van der Waals surface area contributed by atoms with Crippen LogP contribution in [0.5, 0.6) is 5.75 Å². The summed E-state index contributed by atoms with van der Waals surface area (Å²) in [5.41, 5.74) is 0.179. The molecule has 1 N–H and O–H groups in total. The van der Waals surface area contributed by atoms with Gasteiger partial charge in [0.1, 0.15) is 5.75 Å². The van der Waals surface area contributed by atoms with E-state index in [1.165, 1.54) is 12.1 Å². The van der Waals surface area contributed by atoms with Crippen LogP contribution in [0, 0.1) is 5.92 Å². The highest BCUT2D eigenvalue weighted by molar-refractivity contribution is 7.86. The van der Waals surface area contributed by atoms with E-state index in [0.29, 0.717) is 18.4 Å². The summed E-state index contributed by atoms with van der Waals surface area (Å²) in [6.07, 6.45) is 4.28.